The van der Waals surface area contributed by atoms with Crippen LogP contribution >= 0.6 is 34.7 Å². The number of benzene rings is 1. The van der Waals surface area contributed by atoms with E-state index in [1.807, 2.05) is 36.6 Å². The molecule has 0 fully saturated rings. The fourth-order valence-electron chi connectivity index (χ4n) is 3.11. The van der Waals surface area contributed by atoms with Gasteiger partial charge in [0.15, 0.2) is 0 Å². The number of H-pyrrole nitrogens is 1. The molecule has 1 unspecified atom stereocenters. The average molecular weight is 404 g/mol. The lowest BCUT2D eigenvalue weighted by molar-refractivity contribution is 0.759. The fraction of sp³-hybridized carbons (Fsp3) is 0.167. The molecule has 26 heavy (non-hydrogen) atoms. The van der Waals surface area contributed by atoms with Crippen LogP contribution in [-0.2, 0) is 7.05 Å². The largest absolute Gasteiger partial charge is 0.328 e. The third-order valence-electron chi connectivity index (χ3n) is 4.33. The van der Waals surface area contributed by atoms with Crippen molar-refractivity contribution in [3.8, 4) is 0 Å². The molecule has 2 heterocycles. The summed E-state index contributed by atoms with van der Waals surface area (Å²) < 4.78 is 2.31. The van der Waals surface area contributed by atoms with Crippen LogP contribution in [0.4, 0.5) is 0 Å². The number of rotatable bonds is 2. The first-order valence-electron chi connectivity index (χ1n) is 7.80. The number of nitrogens with one attached hydrogen (secondary N) is 1. The van der Waals surface area contributed by atoms with Crippen molar-refractivity contribution in [3.05, 3.63) is 77.5 Å². The second-order valence-corrected chi connectivity index (χ2v) is 8.45. The molecule has 0 saturated carbocycles. The number of hydrogen-bond acceptors (Lipinski definition) is 5. The molecule has 0 radical (unpaired) electrons. The van der Waals surface area contributed by atoms with Crippen molar-refractivity contribution in [2.75, 3.05) is 6.26 Å². The van der Waals surface area contributed by atoms with Gasteiger partial charge >= 0.3 is 5.69 Å². The highest BCUT2D eigenvalue weighted by Gasteiger charge is 2.29. The molecular formula is C18H14ClN3O2S2. The van der Waals surface area contributed by atoms with Crippen LogP contribution in [0.2, 0.25) is 5.02 Å². The number of thioether (sulfide) groups is 1. The summed E-state index contributed by atoms with van der Waals surface area (Å²) in [6.07, 6.45) is 7.58. The molecule has 1 aliphatic rings. The molecule has 0 aliphatic heterocycles. The van der Waals surface area contributed by atoms with Gasteiger partial charge in [0.05, 0.1) is 16.5 Å². The van der Waals surface area contributed by atoms with Gasteiger partial charge in [0, 0.05) is 23.8 Å². The highest BCUT2D eigenvalue weighted by atomic mass is 35.5. The van der Waals surface area contributed by atoms with Gasteiger partial charge in [-0.25, -0.2) is 9.78 Å². The van der Waals surface area contributed by atoms with Gasteiger partial charge in [0.1, 0.15) is 4.34 Å². The summed E-state index contributed by atoms with van der Waals surface area (Å²) in [5.74, 6) is -0.375. The van der Waals surface area contributed by atoms with Crippen molar-refractivity contribution in [2.45, 2.75) is 10.3 Å². The van der Waals surface area contributed by atoms with E-state index in [4.69, 9.17) is 16.6 Å². The zero-order valence-electron chi connectivity index (χ0n) is 13.9. The zero-order valence-corrected chi connectivity index (χ0v) is 16.3. The van der Waals surface area contributed by atoms with Crippen LogP contribution in [-0.4, -0.2) is 20.8 Å². The number of thiazole rings is 1. The van der Waals surface area contributed by atoms with E-state index < -0.39 is 11.2 Å². The zero-order chi connectivity index (χ0) is 18.4. The predicted molar refractivity (Wildman–Crippen MR) is 108 cm³/mol. The maximum absolute atomic E-state index is 12.6. The number of fused-ring (bicyclic) bond motifs is 2. The van der Waals surface area contributed by atoms with E-state index >= 15 is 0 Å². The normalized spacial score (nSPS) is 15.4. The second kappa shape index (κ2) is 6.57. The topological polar surface area (TPSA) is 67.8 Å². The highest BCUT2D eigenvalue weighted by Crippen LogP contribution is 2.41. The molecule has 132 valence electrons. The molecule has 8 heteroatoms. The van der Waals surface area contributed by atoms with Crippen LogP contribution in [0.15, 0.2) is 38.3 Å². The Morgan fingerprint density at radius 1 is 1.27 bits per heavy atom. The lowest BCUT2D eigenvalue weighted by Gasteiger charge is -2.18. The Hall–Kier alpha value is -2.09. The average Bonchev–Trinajstić information content (AvgIpc) is 2.96. The van der Waals surface area contributed by atoms with Gasteiger partial charge < -0.3 is 4.57 Å². The first kappa shape index (κ1) is 17.3. The van der Waals surface area contributed by atoms with Gasteiger partial charge in [0.2, 0.25) is 0 Å². The molecule has 0 spiro atoms. The summed E-state index contributed by atoms with van der Waals surface area (Å²) >= 11 is 9.33. The molecule has 3 aromatic rings. The van der Waals surface area contributed by atoms with E-state index in [-0.39, 0.29) is 5.92 Å². The third kappa shape index (κ3) is 2.86. The van der Waals surface area contributed by atoms with Gasteiger partial charge in [-0.2, -0.15) is 0 Å². The summed E-state index contributed by atoms with van der Waals surface area (Å²) in [7, 11) is 1.62. The number of nitrogens with zero attached hydrogens (tertiary/aromatic N) is 2. The van der Waals surface area contributed by atoms with E-state index in [1.165, 1.54) is 4.57 Å². The Morgan fingerprint density at radius 3 is 2.85 bits per heavy atom. The van der Waals surface area contributed by atoms with Crippen molar-refractivity contribution >= 4 is 46.9 Å². The van der Waals surface area contributed by atoms with Gasteiger partial charge in [-0.3, -0.25) is 9.78 Å². The molecular weight excluding hydrogens is 390 g/mol. The molecule has 0 bridgehead atoms. The molecule has 2 aromatic heterocycles. The molecule has 0 amide bonds. The minimum absolute atomic E-state index is 0.375. The summed E-state index contributed by atoms with van der Waals surface area (Å²) in [6, 6.07) is 5.61. The van der Waals surface area contributed by atoms with Crippen LogP contribution in [0.1, 0.15) is 33.2 Å². The van der Waals surface area contributed by atoms with Crippen LogP contribution in [0.3, 0.4) is 0 Å². The van der Waals surface area contributed by atoms with Crippen molar-refractivity contribution in [1.29, 1.82) is 0 Å². The van der Waals surface area contributed by atoms with Crippen LogP contribution in [0.25, 0.3) is 12.2 Å². The molecule has 1 atom stereocenters. The van der Waals surface area contributed by atoms with E-state index in [2.05, 4.69) is 4.98 Å². The van der Waals surface area contributed by atoms with E-state index in [0.29, 0.717) is 10.6 Å². The minimum Gasteiger partial charge on any atom is -0.303 e. The Bertz CT molecular complexity index is 1160. The van der Waals surface area contributed by atoms with Crippen molar-refractivity contribution in [2.24, 2.45) is 7.05 Å². The predicted octanol–water partition coefficient (Wildman–Crippen LogP) is 3.57. The summed E-state index contributed by atoms with van der Waals surface area (Å²) in [5.41, 5.74) is 2.34. The molecule has 0 saturated heterocycles. The van der Waals surface area contributed by atoms with Gasteiger partial charge in [-0.15, -0.1) is 11.3 Å². The molecule has 1 N–H and O–H groups in total. The summed E-state index contributed by atoms with van der Waals surface area (Å²) in [6.45, 7) is 0. The Kier molecular flexibility index (Phi) is 4.38. The Labute approximate surface area is 162 Å². The van der Waals surface area contributed by atoms with E-state index in [1.54, 1.807) is 36.3 Å². The van der Waals surface area contributed by atoms with Crippen molar-refractivity contribution in [3.63, 3.8) is 0 Å². The number of halogens is 1. The second-order valence-electron chi connectivity index (χ2n) is 5.93. The first-order chi connectivity index (χ1) is 12.5. The molecule has 4 rings (SSSR count). The first-order valence-corrected chi connectivity index (χ1v) is 10.2. The summed E-state index contributed by atoms with van der Waals surface area (Å²) in [5, 5.41) is 0.629. The smallest absolute Gasteiger partial charge is 0.303 e. The summed E-state index contributed by atoms with van der Waals surface area (Å²) in [4.78, 5) is 32.6. The van der Waals surface area contributed by atoms with Gasteiger partial charge in [0.25, 0.3) is 5.56 Å². The SMILES string of the molecule is CSc1nc2c(s1)C=Cc1cc(Cl)ccc1C2c1cn(C)c(=O)[nH]c1=O. The van der Waals surface area contributed by atoms with Crippen molar-refractivity contribution < 1.29 is 0 Å². The van der Waals surface area contributed by atoms with E-state index in [9.17, 15) is 9.59 Å². The number of aromatic amines is 1. The van der Waals surface area contributed by atoms with Gasteiger partial charge in [-0.05, 0) is 35.6 Å². The molecule has 5 nitrogen and oxygen atoms in total. The lowest BCUT2D eigenvalue weighted by Crippen LogP contribution is -2.31. The van der Waals surface area contributed by atoms with Crippen LogP contribution < -0.4 is 11.2 Å². The van der Waals surface area contributed by atoms with Crippen LogP contribution in [0.5, 0.6) is 0 Å². The number of hydrogen-bond donors (Lipinski definition) is 1. The van der Waals surface area contributed by atoms with Gasteiger partial charge in [-0.1, -0.05) is 35.5 Å². The fourth-order valence-corrected chi connectivity index (χ4v) is 4.81. The highest BCUT2D eigenvalue weighted by molar-refractivity contribution is 8.00. The lowest BCUT2D eigenvalue weighted by atomic mass is 9.87. The molecule has 1 aliphatic carbocycles. The standard InChI is InChI=1S/C18H14ClN3O2S2/c1-22-8-12(16(23)21-17(22)24)14-11-5-4-10(19)7-9(11)3-6-13-15(14)20-18(25-2)26-13/h3-8,14H,1-2H3,(H,21,23,24). The quantitative estimate of drug-likeness (QED) is 0.519. The monoisotopic (exact) mass is 403 g/mol. The Morgan fingerprint density at radius 2 is 2.08 bits per heavy atom. The number of aryl methyl sites for hydroxylation is 1. The molecule has 1 aromatic carbocycles. The Balaban J connectivity index is 2.06. The number of aromatic nitrogens is 3. The third-order valence-corrected chi connectivity index (χ3v) is 6.59. The van der Waals surface area contributed by atoms with Crippen molar-refractivity contribution in [1.82, 2.24) is 14.5 Å². The van der Waals surface area contributed by atoms with E-state index in [0.717, 1.165) is 26.0 Å². The maximum Gasteiger partial charge on any atom is 0.328 e. The maximum atomic E-state index is 12.6. The minimum atomic E-state index is -0.440. The van der Waals surface area contributed by atoms with Crippen LogP contribution in [0, 0.1) is 0 Å².